The van der Waals surface area contributed by atoms with Gasteiger partial charge in [-0.15, -0.1) is 0 Å². The second-order valence-electron chi connectivity index (χ2n) is 3.34. The smallest absolute Gasteiger partial charge is 0.313 e. The standard InChI is InChI=1S/C9H16O3.B/c1-6(2)8(10)5-9(11)12-7(3)4;/h6-7H,5H2,1-4H3;. The maximum absolute atomic E-state index is 11.0. The van der Waals surface area contributed by atoms with Crippen molar-refractivity contribution in [3.05, 3.63) is 0 Å². The zero-order chi connectivity index (χ0) is 9.72. The molecule has 0 aromatic rings. The lowest BCUT2D eigenvalue weighted by atomic mass is 10.1. The van der Waals surface area contributed by atoms with Gasteiger partial charge in [0.15, 0.2) is 0 Å². The van der Waals surface area contributed by atoms with E-state index >= 15 is 0 Å². The van der Waals surface area contributed by atoms with Gasteiger partial charge in [0.05, 0.1) is 6.10 Å². The van der Waals surface area contributed by atoms with Gasteiger partial charge in [-0.2, -0.15) is 0 Å². The minimum atomic E-state index is -0.427. The summed E-state index contributed by atoms with van der Waals surface area (Å²) in [6.07, 6.45) is -0.243. The Bertz CT molecular complexity index is 176. The van der Waals surface area contributed by atoms with Crippen LogP contribution < -0.4 is 0 Å². The maximum Gasteiger partial charge on any atom is 0.313 e. The average Bonchev–Trinajstić information content (AvgIpc) is 1.84. The van der Waals surface area contributed by atoms with Crippen LogP contribution in [0.1, 0.15) is 34.1 Å². The fourth-order valence-corrected chi connectivity index (χ4v) is 0.651. The van der Waals surface area contributed by atoms with E-state index in [1.807, 2.05) is 0 Å². The van der Waals surface area contributed by atoms with Crippen molar-refractivity contribution in [2.45, 2.75) is 40.2 Å². The van der Waals surface area contributed by atoms with Crippen LogP contribution in [0.2, 0.25) is 0 Å². The molecule has 0 aliphatic rings. The van der Waals surface area contributed by atoms with Crippen molar-refractivity contribution in [1.29, 1.82) is 0 Å². The van der Waals surface area contributed by atoms with Gasteiger partial charge in [0, 0.05) is 14.3 Å². The summed E-state index contributed by atoms with van der Waals surface area (Å²) in [5, 5.41) is 0. The molecule has 0 fully saturated rings. The van der Waals surface area contributed by atoms with Crippen molar-refractivity contribution in [2.24, 2.45) is 5.92 Å². The van der Waals surface area contributed by atoms with Crippen LogP contribution in [0.5, 0.6) is 0 Å². The predicted octanol–water partition coefficient (Wildman–Crippen LogP) is 1.17. The Hall–Kier alpha value is -0.795. The highest BCUT2D eigenvalue weighted by Gasteiger charge is 2.14. The summed E-state index contributed by atoms with van der Waals surface area (Å²) in [6, 6.07) is 0. The quantitative estimate of drug-likeness (QED) is 0.373. The molecule has 0 atom stereocenters. The summed E-state index contributed by atoms with van der Waals surface area (Å²) in [5.74, 6) is -0.589. The van der Waals surface area contributed by atoms with Crippen LogP contribution in [-0.4, -0.2) is 26.3 Å². The van der Waals surface area contributed by atoms with Crippen molar-refractivity contribution >= 4 is 20.2 Å². The highest BCUT2D eigenvalue weighted by molar-refractivity contribution is 5.96. The number of Topliss-reactive ketones (excluding diaryl/α,β-unsaturated/α-hetero) is 1. The van der Waals surface area contributed by atoms with Gasteiger partial charge >= 0.3 is 5.97 Å². The van der Waals surface area contributed by atoms with E-state index in [-0.39, 0.29) is 32.6 Å². The number of hydrogen-bond acceptors (Lipinski definition) is 3. The van der Waals surface area contributed by atoms with Crippen LogP contribution in [0.3, 0.4) is 0 Å². The third kappa shape index (κ3) is 7.56. The van der Waals surface area contributed by atoms with Crippen LogP contribution in [-0.2, 0) is 14.3 Å². The molecule has 0 bridgehead atoms. The summed E-state index contributed by atoms with van der Waals surface area (Å²) in [4.78, 5) is 22.0. The zero-order valence-corrected chi connectivity index (χ0v) is 8.66. The molecule has 0 saturated carbocycles. The van der Waals surface area contributed by atoms with Crippen LogP contribution in [0.4, 0.5) is 0 Å². The van der Waals surface area contributed by atoms with Gasteiger partial charge in [-0.3, -0.25) is 9.59 Å². The first-order chi connectivity index (χ1) is 5.43. The molecule has 4 heteroatoms. The van der Waals surface area contributed by atoms with Gasteiger partial charge in [0.1, 0.15) is 12.2 Å². The molecule has 0 spiro atoms. The maximum atomic E-state index is 11.0. The number of ether oxygens (including phenoxy) is 1. The van der Waals surface area contributed by atoms with E-state index in [0.29, 0.717) is 0 Å². The van der Waals surface area contributed by atoms with E-state index in [2.05, 4.69) is 0 Å². The number of rotatable bonds is 4. The van der Waals surface area contributed by atoms with Crippen LogP contribution in [0, 0.1) is 5.92 Å². The third-order valence-electron chi connectivity index (χ3n) is 1.33. The third-order valence-corrected chi connectivity index (χ3v) is 1.33. The molecule has 0 amide bonds. The fraction of sp³-hybridized carbons (Fsp3) is 0.778. The molecule has 0 aromatic heterocycles. The Kier molecular flexibility index (Phi) is 7.57. The lowest BCUT2D eigenvalue weighted by Crippen LogP contribution is -2.18. The van der Waals surface area contributed by atoms with Crippen molar-refractivity contribution in [1.82, 2.24) is 0 Å². The van der Waals surface area contributed by atoms with Crippen molar-refractivity contribution in [3.8, 4) is 0 Å². The molecule has 13 heavy (non-hydrogen) atoms. The Morgan fingerprint density at radius 1 is 1.15 bits per heavy atom. The first-order valence-electron chi connectivity index (χ1n) is 4.15. The van der Waals surface area contributed by atoms with Crippen LogP contribution in [0.25, 0.3) is 0 Å². The van der Waals surface area contributed by atoms with Gasteiger partial charge in [-0.05, 0) is 13.8 Å². The normalized spacial score (nSPS) is 9.69. The van der Waals surface area contributed by atoms with E-state index in [9.17, 15) is 9.59 Å². The molecule has 0 rings (SSSR count). The van der Waals surface area contributed by atoms with E-state index in [4.69, 9.17) is 4.74 Å². The monoisotopic (exact) mass is 183 g/mol. The molecule has 73 valence electrons. The van der Waals surface area contributed by atoms with Gasteiger partial charge in [0.2, 0.25) is 0 Å². The first-order valence-corrected chi connectivity index (χ1v) is 4.15. The fourth-order valence-electron chi connectivity index (χ4n) is 0.651. The molecule has 0 N–H and O–H groups in total. The Morgan fingerprint density at radius 2 is 1.62 bits per heavy atom. The zero-order valence-electron chi connectivity index (χ0n) is 8.66. The SMILES string of the molecule is CC(C)OC(=O)CC(=O)C(C)C.[B]. The number of carbonyl (C=O) groups excluding carboxylic acids is 2. The van der Waals surface area contributed by atoms with E-state index < -0.39 is 5.97 Å². The summed E-state index contributed by atoms with van der Waals surface area (Å²) >= 11 is 0. The second kappa shape index (κ2) is 6.69. The molecule has 3 radical (unpaired) electrons. The topological polar surface area (TPSA) is 43.4 Å². The highest BCUT2D eigenvalue weighted by atomic mass is 16.5. The summed E-state index contributed by atoms with van der Waals surface area (Å²) in [5.41, 5.74) is 0. The summed E-state index contributed by atoms with van der Waals surface area (Å²) < 4.78 is 4.81. The lowest BCUT2D eigenvalue weighted by molar-refractivity contribution is -0.149. The Balaban J connectivity index is 0. The van der Waals surface area contributed by atoms with E-state index in [0.717, 1.165) is 0 Å². The number of ketones is 1. The van der Waals surface area contributed by atoms with Crippen LogP contribution in [0.15, 0.2) is 0 Å². The van der Waals surface area contributed by atoms with E-state index in [1.165, 1.54) is 0 Å². The molecule has 0 saturated heterocycles. The molecular weight excluding hydrogens is 167 g/mol. The molecule has 0 aliphatic heterocycles. The van der Waals surface area contributed by atoms with Crippen molar-refractivity contribution in [3.63, 3.8) is 0 Å². The molecule has 0 unspecified atom stereocenters. The second-order valence-corrected chi connectivity index (χ2v) is 3.34. The van der Waals surface area contributed by atoms with Crippen molar-refractivity contribution in [2.75, 3.05) is 0 Å². The average molecular weight is 183 g/mol. The molecule has 0 aromatic carbocycles. The minimum Gasteiger partial charge on any atom is -0.463 e. The highest BCUT2D eigenvalue weighted by Crippen LogP contribution is 2.01. The summed E-state index contributed by atoms with van der Waals surface area (Å²) in [7, 11) is 0. The molecular formula is C9H16BO3. The lowest BCUT2D eigenvalue weighted by Gasteiger charge is -2.07. The Morgan fingerprint density at radius 3 is 1.92 bits per heavy atom. The molecule has 3 nitrogen and oxygen atoms in total. The Labute approximate surface area is 81.4 Å². The van der Waals surface area contributed by atoms with Crippen LogP contribution >= 0.6 is 0 Å². The largest absolute Gasteiger partial charge is 0.463 e. The van der Waals surface area contributed by atoms with E-state index in [1.54, 1.807) is 27.7 Å². The first kappa shape index (κ1) is 14.7. The number of carbonyl (C=O) groups is 2. The number of esters is 1. The summed E-state index contributed by atoms with van der Waals surface area (Å²) in [6.45, 7) is 7.06. The molecule has 0 heterocycles. The predicted molar refractivity (Wildman–Crippen MR) is 51.4 cm³/mol. The van der Waals surface area contributed by atoms with Crippen molar-refractivity contribution < 1.29 is 14.3 Å². The van der Waals surface area contributed by atoms with Gasteiger partial charge in [-0.25, -0.2) is 0 Å². The minimum absolute atomic E-state index is 0. The molecule has 0 aliphatic carbocycles. The van der Waals surface area contributed by atoms with Gasteiger partial charge in [0.25, 0.3) is 0 Å². The van der Waals surface area contributed by atoms with Gasteiger partial charge < -0.3 is 4.74 Å². The number of hydrogen-bond donors (Lipinski definition) is 0. The van der Waals surface area contributed by atoms with Gasteiger partial charge in [-0.1, -0.05) is 13.8 Å².